The molecule has 0 aliphatic heterocycles. The molecule has 1 N–H and O–H groups in total. The van der Waals surface area contributed by atoms with Crippen LogP contribution in [-0.4, -0.2) is 24.1 Å². The van der Waals surface area contributed by atoms with Crippen LogP contribution in [-0.2, 0) is 7.05 Å². The van der Waals surface area contributed by atoms with Gasteiger partial charge in [0.05, 0.1) is 11.7 Å². The Hall–Kier alpha value is -2.37. The van der Waals surface area contributed by atoms with Gasteiger partial charge in [0.1, 0.15) is 11.6 Å². The summed E-state index contributed by atoms with van der Waals surface area (Å²) in [5.74, 6) is 2.37. The van der Waals surface area contributed by atoms with Gasteiger partial charge in [-0.1, -0.05) is 27.2 Å². The summed E-state index contributed by atoms with van der Waals surface area (Å²) in [6, 6.07) is 4.27. The quantitative estimate of drug-likeness (QED) is 0.747. The molecule has 128 valence electrons. The molecule has 0 amide bonds. The van der Waals surface area contributed by atoms with Crippen molar-refractivity contribution < 1.29 is 0 Å². The molecule has 3 aromatic rings. The van der Waals surface area contributed by atoms with Crippen LogP contribution in [0.15, 0.2) is 24.5 Å². The number of anilines is 1. The van der Waals surface area contributed by atoms with Crippen molar-refractivity contribution in [2.45, 2.75) is 52.5 Å². The molecule has 0 unspecified atom stereocenters. The SMILES string of the molecule is CCC[C@@H](Nc1cc(C(C)C)nc2cc(C)nn12)c1nccn1C. The van der Waals surface area contributed by atoms with E-state index in [9.17, 15) is 0 Å². The van der Waals surface area contributed by atoms with E-state index < -0.39 is 0 Å². The molecule has 0 saturated carbocycles. The van der Waals surface area contributed by atoms with Crippen molar-refractivity contribution >= 4 is 11.5 Å². The molecule has 3 rings (SSSR count). The molecule has 3 heterocycles. The third-order valence-electron chi connectivity index (χ3n) is 4.23. The highest BCUT2D eigenvalue weighted by Gasteiger charge is 2.18. The third kappa shape index (κ3) is 3.13. The minimum Gasteiger partial charge on any atom is -0.360 e. The predicted octanol–water partition coefficient (Wildman–Crippen LogP) is 3.85. The van der Waals surface area contributed by atoms with E-state index in [0.29, 0.717) is 5.92 Å². The van der Waals surface area contributed by atoms with Gasteiger partial charge in [-0.05, 0) is 19.3 Å². The zero-order valence-electron chi connectivity index (χ0n) is 15.1. The molecule has 24 heavy (non-hydrogen) atoms. The summed E-state index contributed by atoms with van der Waals surface area (Å²) in [6.45, 7) is 8.51. The van der Waals surface area contributed by atoms with Gasteiger partial charge in [0.25, 0.3) is 0 Å². The summed E-state index contributed by atoms with van der Waals surface area (Å²) in [6.07, 6.45) is 5.92. The van der Waals surface area contributed by atoms with E-state index in [1.807, 2.05) is 36.9 Å². The van der Waals surface area contributed by atoms with Crippen LogP contribution in [0.5, 0.6) is 0 Å². The van der Waals surface area contributed by atoms with Crippen molar-refractivity contribution in [3.8, 4) is 0 Å². The first-order valence-electron chi connectivity index (χ1n) is 8.60. The monoisotopic (exact) mass is 326 g/mol. The molecule has 0 saturated heterocycles. The Balaban J connectivity index is 2.05. The minimum atomic E-state index is 0.144. The fraction of sp³-hybridized carbons (Fsp3) is 0.500. The van der Waals surface area contributed by atoms with E-state index in [1.54, 1.807) is 0 Å². The van der Waals surface area contributed by atoms with Gasteiger partial charge in [0.15, 0.2) is 5.65 Å². The first-order valence-corrected chi connectivity index (χ1v) is 8.60. The van der Waals surface area contributed by atoms with Crippen molar-refractivity contribution in [3.05, 3.63) is 41.7 Å². The summed E-state index contributed by atoms with van der Waals surface area (Å²) < 4.78 is 3.97. The van der Waals surface area contributed by atoms with E-state index in [-0.39, 0.29) is 6.04 Å². The second-order valence-electron chi connectivity index (χ2n) is 6.66. The molecule has 0 radical (unpaired) electrons. The number of nitrogens with one attached hydrogen (secondary N) is 1. The third-order valence-corrected chi connectivity index (χ3v) is 4.23. The Labute approximate surface area is 142 Å². The summed E-state index contributed by atoms with van der Waals surface area (Å²) in [5, 5.41) is 8.25. The zero-order valence-corrected chi connectivity index (χ0v) is 15.1. The lowest BCUT2D eigenvalue weighted by molar-refractivity contribution is 0.607. The van der Waals surface area contributed by atoms with Crippen molar-refractivity contribution in [2.24, 2.45) is 7.05 Å². The Morgan fingerprint density at radius 1 is 1.25 bits per heavy atom. The standard InChI is InChI=1S/C18H26N6/c1-6-7-14(18-19-8-9-23(18)5)20-17-11-15(12(2)3)21-16-10-13(4)22-24(16)17/h8-12,14,20H,6-7H2,1-5H3/t14-/m1/s1. The molecule has 6 heteroatoms. The van der Waals surface area contributed by atoms with Gasteiger partial charge >= 0.3 is 0 Å². The van der Waals surface area contributed by atoms with Gasteiger partial charge in [-0.15, -0.1) is 0 Å². The molecule has 0 bridgehead atoms. The summed E-state index contributed by atoms with van der Waals surface area (Å²) >= 11 is 0. The minimum absolute atomic E-state index is 0.144. The van der Waals surface area contributed by atoms with Crippen LogP contribution in [0.25, 0.3) is 5.65 Å². The predicted molar refractivity (Wildman–Crippen MR) is 96.3 cm³/mol. The molecule has 0 fully saturated rings. The first kappa shape index (κ1) is 16.5. The van der Waals surface area contributed by atoms with Crippen LogP contribution < -0.4 is 5.32 Å². The van der Waals surface area contributed by atoms with Crippen LogP contribution >= 0.6 is 0 Å². The van der Waals surface area contributed by atoms with E-state index in [0.717, 1.165) is 41.5 Å². The number of rotatable bonds is 6. The van der Waals surface area contributed by atoms with Gasteiger partial charge in [0.2, 0.25) is 0 Å². The summed E-state index contributed by atoms with van der Waals surface area (Å²) in [7, 11) is 2.03. The highest BCUT2D eigenvalue weighted by molar-refractivity contribution is 5.51. The molecule has 0 aromatic carbocycles. The average Bonchev–Trinajstić information content (AvgIpc) is 3.11. The normalized spacial score (nSPS) is 12.9. The first-order chi connectivity index (χ1) is 11.5. The Bertz CT molecular complexity index is 829. The molecule has 0 aliphatic rings. The van der Waals surface area contributed by atoms with Crippen LogP contribution in [0.3, 0.4) is 0 Å². The van der Waals surface area contributed by atoms with Crippen LogP contribution in [0.4, 0.5) is 5.82 Å². The lowest BCUT2D eigenvalue weighted by Crippen LogP contribution is -2.18. The van der Waals surface area contributed by atoms with Gasteiger partial charge in [-0.2, -0.15) is 9.61 Å². The zero-order chi connectivity index (χ0) is 17.3. The molecular formula is C18H26N6. The summed E-state index contributed by atoms with van der Waals surface area (Å²) in [5.41, 5.74) is 2.92. The lowest BCUT2D eigenvalue weighted by atomic mass is 10.1. The summed E-state index contributed by atoms with van der Waals surface area (Å²) in [4.78, 5) is 9.26. The smallest absolute Gasteiger partial charge is 0.157 e. The number of hydrogen-bond acceptors (Lipinski definition) is 4. The maximum Gasteiger partial charge on any atom is 0.157 e. The molecule has 0 aliphatic carbocycles. The van der Waals surface area contributed by atoms with Gasteiger partial charge in [-0.25, -0.2) is 9.97 Å². The largest absolute Gasteiger partial charge is 0.360 e. The van der Waals surface area contributed by atoms with Crippen LogP contribution in [0.1, 0.15) is 62.8 Å². The van der Waals surface area contributed by atoms with Crippen LogP contribution in [0.2, 0.25) is 0 Å². The molecular weight excluding hydrogens is 300 g/mol. The average molecular weight is 326 g/mol. The molecule has 3 aromatic heterocycles. The lowest BCUT2D eigenvalue weighted by Gasteiger charge is -2.20. The highest BCUT2D eigenvalue weighted by Crippen LogP contribution is 2.25. The fourth-order valence-electron chi connectivity index (χ4n) is 2.95. The fourth-order valence-corrected chi connectivity index (χ4v) is 2.95. The topological polar surface area (TPSA) is 60.0 Å². The van der Waals surface area contributed by atoms with Crippen molar-refractivity contribution in [3.63, 3.8) is 0 Å². The molecule has 6 nitrogen and oxygen atoms in total. The highest BCUT2D eigenvalue weighted by atomic mass is 15.3. The second kappa shape index (κ2) is 6.63. The maximum atomic E-state index is 4.73. The van der Waals surface area contributed by atoms with E-state index in [4.69, 9.17) is 4.98 Å². The van der Waals surface area contributed by atoms with Gasteiger partial charge in [-0.3, -0.25) is 0 Å². The number of imidazole rings is 1. The van der Waals surface area contributed by atoms with E-state index in [2.05, 4.69) is 46.8 Å². The van der Waals surface area contributed by atoms with Crippen molar-refractivity contribution in [2.75, 3.05) is 5.32 Å². The number of aryl methyl sites for hydroxylation is 2. The Kier molecular flexibility index (Phi) is 4.55. The van der Waals surface area contributed by atoms with Gasteiger partial charge in [0, 0.05) is 37.3 Å². The molecule has 1 atom stereocenters. The van der Waals surface area contributed by atoms with Crippen LogP contribution in [0, 0.1) is 6.92 Å². The van der Waals surface area contributed by atoms with E-state index >= 15 is 0 Å². The molecule has 0 spiro atoms. The van der Waals surface area contributed by atoms with E-state index in [1.165, 1.54) is 0 Å². The number of fused-ring (bicyclic) bond motifs is 1. The Morgan fingerprint density at radius 2 is 2.04 bits per heavy atom. The van der Waals surface area contributed by atoms with Crippen molar-refractivity contribution in [1.82, 2.24) is 24.1 Å². The Morgan fingerprint density at radius 3 is 2.67 bits per heavy atom. The van der Waals surface area contributed by atoms with Gasteiger partial charge < -0.3 is 9.88 Å². The second-order valence-corrected chi connectivity index (χ2v) is 6.66. The number of nitrogens with zero attached hydrogens (tertiary/aromatic N) is 5. The number of hydrogen-bond donors (Lipinski definition) is 1. The van der Waals surface area contributed by atoms with Crippen molar-refractivity contribution in [1.29, 1.82) is 0 Å². The number of aromatic nitrogens is 5. The maximum absolute atomic E-state index is 4.73.